The molecule has 2 aliphatic carbocycles. The highest BCUT2D eigenvalue weighted by atomic mass is 79.9. The number of halogens is 10. The second kappa shape index (κ2) is 15.4. The average Bonchev–Trinajstić information content (AvgIpc) is 3.63. The van der Waals surface area contributed by atoms with Gasteiger partial charge in [0.05, 0.1) is 21.6 Å². The maximum atomic E-state index is 13.6. The molecule has 2 fully saturated rings. The van der Waals surface area contributed by atoms with Crippen molar-refractivity contribution in [2.45, 2.75) is 52.5 Å². The van der Waals surface area contributed by atoms with Crippen molar-refractivity contribution in [2.24, 2.45) is 34.5 Å². The van der Waals surface area contributed by atoms with Gasteiger partial charge in [-0.2, -0.15) is 22.0 Å². The number of ether oxygens (including phenoxy) is 2. The van der Waals surface area contributed by atoms with E-state index >= 15 is 0 Å². The highest BCUT2D eigenvalue weighted by molar-refractivity contribution is 9.28. The van der Waals surface area contributed by atoms with E-state index in [1.165, 1.54) is 13.8 Å². The van der Waals surface area contributed by atoms with Crippen molar-refractivity contribution in [1.29, 1.82) is 0 Å². The number of carbonyl (C=O) groups is 2. The topological polar surface area (TPSA) is 52.6 Å². The standard InChI is InChI=1S/C15H14F6O2.C14H14Br2F2O2/c1-4-10(9(16)5-6-15(19,20)21)23-13(22)12-8(7-11(17)18)14(12,2)3;1-4-10(9(18)5-6-17)20-13(19)12-8(7-11(15)16)14(12,2)3/h1,5,7-8,10,12H,6H2,2-3H3;1,5,7-8,10,12H,6H2,2-3H3. The fraction of sp³-hybridized carbons (Fsp3) is 0.517. The zero-order valence-corrected chi connectivity index (χ0v) is 26.4. The molecule has 0 amide bonds. The SMILES string of the molecule is C#CC(OC(=O)C1C(C=C(Br)Br)C1(C)C)C(F)=CCF.C#CC(OC(=O)C1C(C=C(F)F)C1(C)C)C(F)=CCC(F)(F)F. The molecule has 0 aromatic heterocycles. The van der Waals surface area contributed by atoms with Crippen LogP contribution in [-0.4, -0.2) is 37.0 Å². The van der Waals surface area contributed by atoms with Gasteiger partial charge in [-0.05, 0) is 66.8 Å². The quantitative estimate of drug-likeness (QED) is 0.128. The van der Waals surface area contributed by atoms with Crippen LogP contribution in [0.4, 0.5) is 35.1 Å². The van der Waals surface area contributed by atoms with Crippen molar-refractivity contribution < 1.29 is 54.2 Å². The van der Waals surface area contributed by atoms with E-state index in [1.54, 1.807) is 5.92 Å². The highest BCUT2D eigenvalue weighted by Crippen LogP contribution is 2.61. The Balaban J connectivity index is 0.000000434. The average molecular weight is 752 g/mol. The smallest absolute Gasteiger partial charge is 0.392 e. The molecule has 2 saturated carbocycles. The molecule has 0 aromatic carbocycles. The Labute approximate surface area is 261 Å². The summed E-state index contributed by atoms with van der Waals surface area (Å²) in [6.07, 6.45) is 1.75. The molecule has 0 aliphatic heterocycles. The van der Waals surface area contributed by atoms with Crippen molar-refractivity contribution >= 4 is 43.8 Å². The lowest BCUT2D eigenvalue weighted by atomic mass is 10.1. The minimum atomic E-state index is -4.63. The van der Waals surface area contributed by atoms with E-state index in [0.29, 0.717) is 12.2 Å². The number of alkyl halides is 4. The lowest BCUT2D eigenvalue weighted by Crippen LogP contribution is -2.20. The van der Waals surface area contributed by atoms with Crippen molar-refractivity contribution in [2.75, 3.05) is 6.67 Å². The van der Waals surface area contributed by atoms with Gasteiger partial charge in [0.1, 0.15) is 12.5 Å². The van der Waals surface area contributed by atoms with Crippen molar-refractivity contribution in [1.82, 2.24) is 0 Å². The Morgan fingerprint density at radius 2 is 1.23 bits per heavy atom. The number of rotatable bonds is 10. The van der Waals surface area contributed by atoms with Crippen LogP contribution in [0.5, 0.6) is 0 Å². The first-order chi connectivity index (χ1) is 19.6. The molecule has 43 heavy (non-hydrogen) atoms. The van der Waals surface area contributed by atoms with E-state index in [0.717, 1.165) is 3.39 Å². The van der Waals surface area contributed by atoms with E-state index in [4.69, 9.17) is 17.6 Å². The third-order valence-corrected chi connectivity index (χ3v) is 7.54. The summed E-state index contributed by atoms with van der Waals surface area (Å²) < 4.78 is 110. The first kappa shape index (κ1) is 38.4. The molecule has 14 heteroatoms. The minimum absolute atomic E-state index is 0.0320. The summed E-state index contributed by atoms with van der Waals surface area (Å²) in [5.41, 5.74) is -1.12. The van der Waals surface area contributed by atoms with Crippen LogP contribution in [0.3, 0.4) is 0 Å². The molecule has 6 unspecified atom stereocenters. The first-order valence-corrected chi connectivity index (χ1v) is 14.0. The number of hydrogen-bond acceptors (Lipinski definition) is 4. The molecular formula is C29H28Br2F8O4. The monoisotopic (exact) mass is 750 g/mol. The summed E-state index contributed by atoms with van der Waals surface area (Å²) in [4.78, 5) is 23.9. The van der Waals surface area contributed by atoms with Crippen molar-refractivity contribution in [3.05, 3.63) is 45.4 Å². The maximum absolute atomic E-state index is 13.6. The lowest BCUT2D eigenvalue weighted by molar-refractivity contribution is -0.149. The van der Waals surface area contributed by atoms with Crippen LogP contribution in [0.25, 0.3) is 0 Å². The molecule has 0 heterocycles. The second-order valence-corrected chi connectivity index (χ2v) is 13.5. The van der Waals surface area contributed by atoms with Crippen LogP contribution in [0.1, 0.15) is 34.1 Å². The summed E-state index contributed by atoms with van der Waals surface area (Å²) in [7, 11) is 0. The molecule has 0 bridgehead atoms. The van der Waals surface area contributed by atoms with E-state index in [-0.39, 0.29) is 17.4 Å². The molecule has 2 rings (SSSR count). The fourth-order valence-electron chi connectivity index (χ4n) is 4.37. The van der Waals surface area contributed by atoms with Crippen LogP contribution in [0, 0.1) is 59.2 Å². The van der Waals surface area contributed by atoms with Crippen LogP contribution >= 0.6 is 31.9 Å². The molecule has 238 valence electrons. The molecular weight excluding hydrogens is 724 g/mol. The van der Waals surface area contributed by atoms with Gasteiger partial charge >= 0.3 is 18.1 Å². The molecule has 4 nitrogen and oxygen atoms in total. The Morgan fingerprint density at radius 1 is 0.837 bits per heavy atom. The van der Waals surface area contributed by atoms with Crippen LogP contribution in [0.2, 0.25) is 0 Å². The third kappa shape index (κ3) is 11.1. The Morgan fingerprint density at radius 3 is 1.56 bits per heavy atom. The van der Waals surface area contributed by atoms with Crippen molar-refractivity contribution in [3.63, 3.8) is 0 Å². The molecule has 0 N–H and O–H groups in total. The van der Waals surface area contributed by atoms with Gasteiger partial charge in [0.2, 0.25) is 12.2 Å². The normalized spacial score (nSPS) is 24.8. The van der Waals surface area contributed by atoms with Gasteiger partial charge in [-0.15, -0.1) is 12.8 Å². The summed E-state index contributed by atoms with van der Waals surface area (Å²) in [6.45, 7) is 5.87. The maximum Gasteiger partial charge on any atom is 0.392 e. The predicted molar refractivity (Wildman–Crippen MR) is 150 cm³/mol. The summed E-state index contributed by atoms with van der Waals surface area (Å²) >= 11 is 6.47. The Kier molecular flexibility index (Phi) is 13.8. The predicted octanol–water partition coefficient (Wildman–Crippen LogP) is 8.65. The molecule has 0 aromatic rings. The summed E-state index contributed by atoms with van der Waals surface area (Å²) in [6, 6.07) is 0. The van der Waals surface area contributed by atoms with E-state index in [9.17, 15) is 44.7 Å². The third-order valence-electron chi connectivity index (χ3n) is 7.01. The minimum Gasteiger partial charge on any atom is -0.441 e. The summed E-state index contributed by atoms with van der Waals surface area (Å²) in [5.74, 6) is -2.49. The van der Waals surface area contributed by atoms with E-state index < -0.39 is 84.3 Å². The molecule has 0 spiro atoms. The number of allylic oxidation sites excluding steroid dienone is 4. The zero-order valence-electron chi connectivity index (χ0n) is 23.3. The number of hydrogen-bond donors (Lipinski definition) is 0. The molecule has 0 radical (unpaired) electrons. The van der Waals surface area contributed by atoms with E-state index in [2.05, 4.69) is 36.6 Å². The van der Waals surface area contributed by atoms with Gasteiger partial charge in [0.15, 0.2) is 5.83 Å². The number of esters is 2. The number of terminal acetylenes is 2. The molecule has 0 saturated heterocycles. The largest absolute Gasteiger partial charge is 0.441 e. The molecule has 6 atom stereocenters. The highest BCUT2D eigenvalue weighted by Gasteiger charge is 2.63. The van der Waals surface area contributed by atoms with Crippen LogP contribution in [-0.2, 0) is 19.1 Å². The van der Waals surface area contributed by atoms with Gasteiger partial charge in [-0.3, -0.25) is 9.59 Å². The molecule has 2 aliphatic rings. The van der Waals surface area contributed by atoms with E-state index in [1.807, 2.05) is 25.8 Å². The van der Waals surface area contributed by atoms with Crippen molar-refractivity contribution in [3.8, 4) is 24.7 Å². The van der Waals surface area contributed by atoms with Gasteiger partial charge in [-0.1, -0.05) is 45.6 Å². The lowest BCUT2D eigenvalue weighted by Gasteiger charge is -2.12. The van der Waals surface area contributed by atoms with Gasteiger partial charge < -0.3 is 9.47 Å². The Bertz CT molecular complexity index is 1250. The Hall–Kier alpha value is -2.58. The first-order valence-electron chi connectivity index (χ1n) is 12.4. The number of carbonyl (C=O) groups excluding carboxylic acids is 2. The fourth-order valence-corrected chi connectivity index (χ4v) is 4.94. The van der Waals surface area contributed by atoms with Gasteiger partial charge in [-0.25, -0.2) is 13.2 Å². The van der Waals surface area contributed by atoms with Gasteiger partial charge in [0.25, 0.3) is 6.08 Å². The van der Waals surface area contributed by atoms with Crippen LogP contribution in [0.15, 0.2) is 45.4 Å². The van der Waals surface area contributed by atoms with Crippen LogP contribution < -0.4 is 0 Å². The zero-order chi connectivity index (χ0) is 33.5. The summed E-state index contributed by atoms with van der Waals surface area (Å²) in [5, 5.41) is 0. The second-order valence-electron chi connectivity index (χ2n) is 10.7. The van der Waals surface area contributed by atoms with Gasteiger partial charge in [0, 0.05) is 5.92 Å².